The molecule has 0 spiro atoms. The number of rotatable bonds is 12. The Kier molecular flexibility index (Phi) is 9.71. The van der Waals surface area contributed by atoms with Gasteiger partial charge in [-0.1, -0.05) is 29.8 Å². The van der Waals surface area contributed by atoms with Crippen LogP contribution in [0.3, 0.4) is 0 Å². The molecule has 1 N–H and O–H groups in total. The number of morpholine rings is 1. The molecule has 0 unspecified atom stereocenters. The van der Waals surface area contributed by atoms with E-state index in [0.717, 1.165) is 60.4 Å². The number of ether oxygens (including phenoxy) is 3. The van der Waals surface area contributed by atoms with Crippen molar-refractivity contribution < 1.29 is 14.2 Å². The lowest BCUT2D eigenvalue weighted by Gasteiger charge is -2.26. The van der Waals surface area contributed by atoms with Crippen molar-refractivity contribution in [1.82, 2.24) is 14.8 Å². The van der Waals surface area contributed by atoms with Crippen LogP contribution < -0.4 is 10.7 Å². The van der Waals surface area contributed by atoms with Crippen LogP contribution in [0.5, 0.6) is 0 Å². The third-order valence-corrected chi connectivity index (χ3v) is 6.45. The molecule has 0 atom stereocenters. The first-order chi connectivity index (χ1) is 17.1. The van der Waals surface area contributed by atoms with E-state index in [2.05, 4.69) is 33.0 Å². The SMILES string of the molecule is COCCOCCn1cc(CNCc2ccc(Cl)cc2)c(=O)c2cc(CN3CCOCC3)ccc21. The molecule has 188 valence electrons. The molecule has 0 radical (unpaired) electrons. The van der Waals surface area contributed by atoms with Crippen LogP contribution >= 0.6 is 11.6 Å². The van der Waals surface area contributed by atoms with E-state index in [1.807, 2.05) is 30.5 Å². The van der Waals surface area contributed by atoms with E-state index in [1.54, 1.807) is 7.11 Å². The summed E-state index contributed by atoms with van der Waals surface area (Å²) in [6.07, 6.45) is 1.96. The van der Waals surface area contributed by atoms with Crippen molar-refractivity contribution in [3.8, 4) is 0 Å². The van der Waals surface area contributed by atoms with Crippen molar-refractivity contribution >= 4 is 22.5 Å². The molecule has 1 aliphatic heterocycles. The normalized spacial score (nSPS) is 14.6. The summed E-state index contributed by atoms with van der Waals surface area (Å²) in [5, 5.41) is 4.87. The number of halogens is 1. The predicted octanol–water partition coefficient (Wildman–Crippen LogP) is 3.44. The summed E-state index contributed by atoms with van der Waals surface area (Å²) >= 11 is 5.99. The average Bonchev–Trinajstić information content (AvgIpc) is 2.88. The second kappa shape index (κ2) is 13.2. The van der Waals surface area contributed by atoms with Gasteiger partial charge in [0.2, 0.25) is 0 Å². The van der Waals surface area contributed by atoms with E-state index in [4.69, 9.17) is 25.8 Å². The Morgan fingerprint density at radius 3 is 2.54 bits per heavy atom. The largest absolute Gasteiger partial charge is 0.382 e. The van der Waals surface area contributed by atoms with Crippen LogP contribution in [0.15, 0.2) is 53.5 Å². The molecule has 0 bridgehead atoms. The van der Waals surface area contributed by atoms with E-state index in [0.29, 0.717) is 44.5 Å². The molecule has 1 aliphatic rings. The molecule has 1 saturated heterocycles. The van der Waals surface area contributed by atoms with Crippen LogP contribution in [0.4, 0.5) is 0 Å². The molecule has 4 rings (SSSR count). The standard InChI is InChI=1S/C27H34ClN3O4/c1-33-14-15-35-13-10-31-20-23(18-29-17-21-2-5-24(28)6-3-21)27(32)25-16-22(4-7-26(25)31)19-30-8-11-34-12-9-30/h2-7,16,20,29H,8-15,17-19H2,1H3. The minimum absolute atomic E-state index is 0.0731. The Morgan fingerprint density at radius 2 is 1.77 bits per heavy atom. The number of methoxy groups -OCH3 is 1. The highest BCUT2D eigenvalue weighted by atomic mass is 35.5. The first-order valence-electron chi connectivity index (χ1n) is 12.1. The minimum atomic E-state index is 0.0731. The summed E-state index contributed by atoms with van der Waals surface area (Å²) in [6.45, 7) is 7.62. The highest BCUT2D eigenvalue weighted by molar-refractivity contribution is 6.30. The molecule has 7 nitrogen and oxygen atoms in total. The molecule has 0 amide bonds. The zero-order valence-electron chi connectivity index (χ0n) is 20.3. The van der Waals surface area contributed by atoms with Crippen LogP contribution in [-0.2, 0) is 40.4 Å². The highest BCUT2D eigenvalue weighted by Crippen LogP contribution is 2.17. The Bertz CT molecular complexity index is 1140. The van der Waals surface area contributed by atoms with E-state index < -0.39 is 0 Å². The molecule has 1 fully saturated rings. The maximum absolute atomic E-state index is 13.5. The Balaban J connectivity index is 1.54. The number of nitrogens with zero attached hydrogens (tertiary/aromatic N) is 2. The van der Waals surface area contributed by atoms with Crippen LogP contribution in [0, 0.1) is 0 Å². The summed E-state index contributed by atoms with van der Waals surface area (Å²) < 4.78 is 18.4. The fraction of sp³-hybridized carbons (Fsp3) is 0.444. The zero-order chi connectivity index (χ0) is 24.5. The van der Waals surface area contributed by atoms with Gasteiger partial charge in [0.25, 0.3) is 0 Å². The predicted molar refractivity (Wildman–Crippen MR) is 139 cm³/mol. The fourth-order valence-electron chi connectivity index (χ4n) is 4.28. The fourth-order valence-corrected chi connectivity index (χ4v) is 4.41. The van der Waals surface area contributed by atoms with Gasteiger partial charge in [-0.2, -0.15) is 0 Å². The Hall–Kier alpha value is -2.26. The summed E-state index contributed by atoms with van der Waals surface area (Å²) in [7, 11) is 1.66. The van der Waals surface area contributed by atoms with Crippen molar-refractivity contribution in [3.05, 3.63) is 80.6 Å². The van der Waals surface area contributed by atoms with Crippen LogP contribution in [0.25, 0.3) is 10.9 Å². The number of nitrogens with one attached hydrogen (secondary N) is 1. The van der Waals surface area contributed by atoms with Gasteiger partial charge in [0.15, 0.2) is 5.43 Å². The quantitative estimate of drug-likeness (QED) is 0.385. The smallest absolute Gasteiger partial charge is 0.193 e. The van der Waals surface area contributed by atoms with E-state index >= 15 is 0 Å². The second-order valence-electron chi connectivity index (χ2n) is 8.75. The van der Waals surface area contributed by atoms with Crippen molar-refractivity contribution in [2.75, 3.05) is 53.2 Å². The number of pyridine rings is 1. The van der Waals surface area contributed by atoms with Gasteiger partial charge in [-0.25, -0.2) is 0 Å². The van der Waals surface area contributed by atoms with Gasteiger partial charge in [0, 0.05) is 68.5 Å². The number of aromatic nitrogens is 1. The first kappa shape index (κ1) is 25.8. The van der Waals surface area contributed by atoms with Gasteiger partial charge in [-0.15, -0.1) is 0 Å². The van der Waals surface area contributed by atoms with Crippen LogP contribution in [0.2, 0.25) is 5.02 Å². The Morgan fingerprint density at radius 1 is 1.00 bits per heavy atom. The third-order valence-electron chi connectivity index (χ3n) is 6.19. The maximum atomic E-state index is 13.5. The number of hydrogen-bond donors (Lipinski definition) is 1. The molecule has 2 aromatic carbocycles. The van der Waals surface area contributed by atoms with Gasteiger partial charge in [-0.3, -0.25) is 9.69 Å². The molecule has 2 heterocycles. The molecule has 3 aromatic rings. The maximum Gasteiger partial charge on any atom is 0.193 e. The molecule has 0 saturated carbocycles. The highest BCUT2D eigenvalue weighted by Gasteiger charge is 2.14. The molecule has 1 aromatic heterocycles. The second-order valence-corrected chi connectivity index (χ2v) is 9.19. The number of hydrogen-bond acceptors (Lipinski definition) is 6. The molecular formula is C27H34ClN3O4. The molecule has 8 heteroatoms. The topological polar surface area (TPSA) is 65.0 Å². The van der Waals surface area contributed by atoms with Crippen molar-refractivity contribution in [2.45, 2.75) is 26.2 Å². The first-order valence-corrected chi connectivity index (χ1v) is 12.5. The lowest BCUT2D eigenvalue weighted by atomic mass is 10.1. The molecule has 35 heavy (non-hydrogen) atoms. The molecule has 0 aliphatic carbocycles. The van der Waals surface area contributed by atoms with Gasteiger partial charge in [0.05, 0.1) is 38.6 Å². The van der Waals surface area contributed by atoms with Crippen LogP contribution in [0.1, 0.15) is 16.7 Å². The van der Waals surface area contributed by atoms with E-state index in [-0.39, 0.29) is 5.43 Å². The van der Waals surface area contributed by atoms with Gasteiger partial charge < -0.3 is 24.1 Å². The zero-order valence-corrected chi connectivity index (χ0v) is 21.1. The van der Waals surface area contributed by atoms with Gasteiger partial charge in [-0.05, 0) is 35.4 Å². The summed E-state index contributed by atoms with van der Waals surface area (Å²) in [4.78, 5) is 15.8. The third kappa shape index (κ3) is 7.36. The minimum Gasteiger partial charge on any atom is -0.382 e. The van der Waals surface area contributed by atoms with Crippen molar-refractivity contribution in [3.63, 3.8) is 0 Å². The van der Waals surface area contributed by atoms with Gasteiger partial charge >= 0.3 is 0 Å². The van der Waals surface area contributed by atoms with E-state index in [9.17, 15) is 4.79 Å². The van der Waals surface area contributed by atoms with Crippen molar-refractivity contribution in [2.24, 2.45) is 0 Å². The summed E-state index contributed by atoms with van der Waals surface area (Å²) in [5.74, 6) is 0. The Labute approximate surface area is 211 Å². The van der Waals surface area contributed by atoms with Gasteiger partial charge in [0.1, 0.15) is 0 Å². The molecular weight excluding hydrogens is 466 g/mol. The van der Waals surface area contributed by atoms with Crippen LogP contribution in [-0.4, -0.2) is 62.7 Å². The summed E-state index contributed by atoms with van der Waals surface area (Å²) in [5.41, 5.74) is 4.01. The number of fused-ring (bicyclic) bond motifs is 1. The monoisotopic (exact) mass is 499 g/mol. The van der Waals surface area contributed by atoms with Crippen molar-refractivity contribution in [1.29, 1.82) is 0 Å². The summed E-state index contributed by atoms with van der Waals surface area (Å²) in [6, 6.07) is 14.0. The number of benzene rings is 2. The lowest BCUT2D eigenvalue weighted by molar-refractivity contribution is 0.0342. The van der Waals surface area contributed by atoms with E-state index in [1.165, 1.54) is 0 Å². The average molecular weight is 500 g/mol. The lowest BCUT2D eigenvalue weighted by Crippen LogP contribution is -2.35.